The number of phenols is 1. The number of amides is 1. The Balaban J connectivity index is 1.81. The number of allylic oxidation sites excluding steroid dienone is 2. The minimum absolute atomic E-state index is 0.00785. The molecule has 2 N–H and O–H groups in total. The molecule has 4 rings (SSSR count). The van der Waals surface area contributed by atoms with E-state index in [0.29, 0.717) is 0 Å². The maximum Gasteiger partial charge on any atom is 0.259 e. The second-order valence-electron chi connectivity index (χ2n) is 9.85. The maximum atomic E-state index is 13.6. The van der Waals surface area contributed by atoms with Crippen LogP contribution in [-0.2, 0) is 32.8 Å². The molecular formula is C29H31NO7. The SMILES string of the molecule is CCc1c(C)cc(C)c(C)c1CNC(=O)c1c(OC)cc(O)c2c1OC1=CC(=O)C(C(C)=O)C(=O)[C@]12C. The standard InChI is InChI=1S/C29H31NO7/c1-8-17-14(3)9-13(2)15(4)18(17)12-30-28(35)24-21(36-7)10-20(33)25-26(24)37-22-11-19(32)23(16(5)31)27(34)29(22,25)6/h9-11,23,33H,8,12H2,1-7H3,(H,30,35)/t23?,29-/m1/s1. The van der Waals surface area contributed by atoms with Crippen molar-refractivity contribution < 1.29 is 33.8 Å². The van der Waals surface area contributed by atoms with Crippen LogP contribution in [0.5, 0.6) is 17.2 Å². The van der Waals surface area contributed by atoms with Gasteiger partial charge in [-0.05, 0) is 68.9 Å². The summed E-state index contributed by atoms with van der Waals surface area (Å²) >= 11 is 0. The molecule has 2 atom stereocenters. The van der Waals surface area contributed by atoms with Crippen LogP contribution in [-0.4, -0.2) is 35.5 Å². The van der Waals surface area contributed by atoms with Crippen LogP contribution in [0, 0.1) is 26.7 Å². The molecule has 1 unspecified atom stereocenters. The van der Waals surface area contributed by atoms with E-state index in [-0.39, 0.29) is 40.7 Å². The van der Waals surface area contributed by atoms with Crippen molar-refractivity contribution in [3.8, 4) is 17.2 Å². The van der Waals surface area contributed by atoms with Crippen molar-refractivity contribution in [2.24, 2.45) is 5.92 Å². The van der Waals surface area contributed by atoms with Crippen LogP contribution in [0.3, 0.4) is 0 Å². The van der Waals surface area contributed by atoms with Crippen LogP contribution >= 0.6 is 0 Å². The van der Waals surface area contributed by atoms with E-state index in [9.17, 15) is 24.3 Å². The minimum atomic E-state index is -1.61. The molecule has 0 saturated heterocycles. The molecule has 1 aliphatic heterocycles. The zero-order valence-electron chi connectivity index (χ0n) is 22.1. The first-order chi connectivity index (χ1) is 17.4. The molecule has 0 spiro atoms. The molecule has 2 aromatic rings. The molecule has 8 heteroatoms. The number of carbonyl (C=O) groups excluding carboxylic acids is 4. The fraction of sp³-hybridized carbons (Fsp3) is 0.379. The number of methoxy groups -OCH3 is 1. The van der Waals surface area contributed by atoms with Crippen LogP contribution in [0.1, 0.15) is 64.5 Å². The molecule has 2 aliphatic rings. The Labute approximate surface area is 215 Å². The number of ketones is 3. The zero-order chi connectivity index (χ0) is 27.4. The lowest BCUT2D eigenvalue weighted by Crippen LogP contribution is -2.47. The van der Waals surface area contributed by atoms with Gasteiger partial charge in [-0.1, -0.05) is 13.0 Å². The third kappa shape index (κ3) is 3.82. The molecule has 37 heavy (non-hydrogen) atoms. The number of Topliss-reactive ketones (excluding diaryl/α,β-unsaturated/α-hetero) is 2. The van der Waals surface area contributed by atoms with Crippen molar-refractivity contribution in [2.45, 2.75) is 59.9 Å². The normalized spacial score (nSPS) is 20.1. The molecule has 1 aliphatic carbocycles. The lowest BCUT2D eigenvalue weighted by atomic mass is 9.67. The third-order valence-electron chi connectivity index (χ3n) is 7.69. The van der Waals surface area contributed by atoms with Gasteiger partial charge in [-0.25, -0.2) is 0 Å². The van der Waals surface area contributed by atoms with Gasteiger partial charge in [0.05, 0.1) is 12.7 Å². The molecule has 194 valence electrons. The molecule has 0 bridgehead atoms. The number of nitrogens with one attached hydrogen (secondary N) is 1. The van der Waals surface area contributed by atoms with Gasteiger partial charge in [0.15, 0.2) is 17.3 Å². The molecule has 0 radical (unpaired) electrons. The van der Waals surface area contributed by atoms with Gasteiger partial charge < -0.3 is 19.9 Å². The summed E-state index contributed by atoms with van der Waals surface area (Å²) in [5, 5.41) is 13.8. The van der Waals surface area contributed by atoms with Gasteiger partial charge in [0.2, 0.25) is 0 Å². The summed E-state index contributed by atoms with van der Waals surface area (Å²) in [6.45, 7) is 11.1. The second kappa shape index (κ2) is 9.18. The largest absolute Gasteiger partial charge is 0.507 e. The molecule has 1 amide bonds. The number of fused-ring (bicyclic) bond motifs is 3. The highest BCUT2D eigenvalue weighted by atomic mass is 16.5. The Kier molecular flexibility index (Phi) is 6.48. The van der Waals surface area contributed by atoms with Crippen molar-refractivity contribution in [3.63, 3.8) is 0 Å². The average Bonchev–Trinajstić information content (AvgIpc) is 3.13. The Morgan fingerprint density at radius 3 is 2.41 bits per heavy atom. The van der Waals surface area contributed by atoms with Gasteiger partial charge in [0.1, 0.15) is 39.9 Å². The van der Waals surface area contributed by atoms with Crippen LogP contribution in [0.4, 0.5) is 0 Å². The first kappa shape index (κ1) is 26.1. The van der Waals surface area contributed by atoms with E-state index in [1.165, 1.54) is 27.0 Å². The van der Waals surface area contributed by atoms with Gasteiger partial charge in [-0.2, -0.15) is 0 Å². The van der Waals surface area contributed by atoms with Crippen LogP contribution in [0.15, 0.2) is 24.0 Å². The fourth-order valence-corrected chi connectivity index (χ4v) is 5.56. The Morgan fingerprint density at radius 2 is 1.81 bits per heavy atom. The lowest BCUT2D eigenvalue weighted by Gasteiger charge is -2.30. The number of ether oxygens (including phenoxy) is 2. The molecule has 0 saturated carbocycles. The topological polar surface area (TPSA) is 119 Å². The van der Waals surface area contributed by atoms with Crippen molar-refractivity contribution in [1.29, 1.82) is 0 Å². The van der Waals surface area contributed by atoms with E-state index in [0.717, 1.165) is 40.3 Å². The number of aryl methyl sites for hydroxylation is 2. The van der Waals surface area contributed by atoms with Gasteiger partial charge >= 0.3 is 0 Å². The van der Waals surface area contributed by atoms with E-state index in [2.05, 4.69) is 18.3 Å². The number of benzene rings is 2. The highest BCUT2D eigenvalue weighted by Gasteiger charge is 2.58. The van der Waals surface area contributed by atoms with E-state index in [1.54, 1.807) is 0 Å². The fourth-order valence-electron chi connectivity index (χ4n) is 5.56. The van der Waals surface area contributed by atoms with Crippen LogP contribution < -0.4 is 14.8 Å². The van der Waals surface area contributed by atoms with E-state index in [4.69, 9.17) is 9.47 Å². The van der Waals surface area contributed by atoms with Crippen LogP contribution in [0.25, 0.3) is 0 Å². The quantitative estimate of drug-likeness (QED) is 0.575. The summed E-state index contributed by atoms with van der Waals surface area (Å²) in [4.78, 5) is 51.7. The summed E-state index contributed by atoms with van der Waals surface area (Å²) in [6, 6.07) is 3.38. The Hall–Kier alpha value is -3.94. The predicted molar refractivity (Wildman–Crippen MR) is 136 cm³/mol. The summed E-state index contributed by atoms with van der Waals surface area (Å²) in [6.07, 6.45) is 1.91. The summed E-state index contributed by atoms with van der Waals surface area (Å²) in [5.74, 6) is -4.41. The van der Waals surface area contributed by atoms with Gasteiger partial charge in [-0.3, -0.25) is 19.2 Å². The number of hydrogen-bond acceptors (Lipinski definition) is 7. The van der Waals surface area contributed by atoms with Crippen molar-refractivity contribution in [2.75, 3.05) is 7.11 Å². The number of rotatable bonds is 6. The minimum Gasteiger partial charge on any atom is -0.507 e. The zero-order valence-corrected chi connectivity index (χ0v) is 22.1. The van der Waals surface area contributed by atoms with E-state index >= 15 is 0 Å². The number of phenolic OH excluding ortho intramolecular Hbond substituents is 1. The Bertz CT molecular complexity index is 1420. The number of carbonyl (C=O) groups is 4. The molecule has 1 heterocycles. The van der Waals surface area contributed by atoms with Gasteiger partial charge in [0.25, 0.3) is 5.91 Å². The number of hydrogen-bond donors (Lipinski definition) is 2. The van der Waals surface area contributed by atoms with E-state index < -0.39 is 34.6 Å². The first-order valence-electron chi connectivity index (χ1n) is 12.2. The Morgan fingerprint density at radius 1 is 1.14 bits per heavy atom. The third-order valence-corrected chi connectivity index (χ3v) is 7.69. The maximum absolute atomic E-state index is 13.6. The molecule has 0 fully saturated rings. The van der Waals surface area contributed by atoms with E-state index in [1.807, 2.05) is 20.8 Å². The molecule has 0 aromatic heterocycles. The van der Waals surface area contributed by atoms with Crippen LogP contribution in [0.2, 0.25) is 0 Å². The smallest absolute Gasteiger partial charge is 0.259 e. The monoisotopic (exact) mass is 505 g/mol. The first-order valence-corrected chi connectivity index (χ1v) is 12.2. The van der Waals surface area contributed by atoms with Crippen molar-refractivity contribution >= 4 is 23.3 Å². The van der Waals surface area contributed by atoms with Crippen molar-refractivity contribution in [1.82, 2.24) is 5.32 Å². The summed E-state index contributed by atoms with van der Waals surface area (Å²) in [7, 11) is 1.35. The molecule has 2 aromatic carbocycles. The molecular weight excluding hydrogens is 474 g/mol. The number of aromatic hydroxyl groups is 1. The second-order valence-corrected chi connectivity index (χ2v) is 9.85. The lowest BCUT2D eigenvalue weighted by molar-refractivity contribution is -0.140. The van der Waals surface area contributed by atoms with Crippen molar-refractivity contribution in [3.05, 3.63) is 62.9 Å². The predicted octanol–water partition coefficient (Wildman–Crippen LogP) is 3.71. The van der Waals surface area contributed by atoms with Gasteiger partial charge in [-0.15, -0.1) is 0 Å². The summed E-state index contributed by atoms with van der Waals surface area (Å²) in [5.41, 5.74) is 3.96. The highest BCUT2D eigenvalue weighted by Crippen LogP contribution is 2.56. The highest BCUT2D eigenvalue weighted by molar-refractivity contribution is 6.27. The molecule has 8 nitrogen and oxygen atoms in total. The average molecular weight is 506 g/mol. The summed E-state index contributed by atoms with van der Waals surface area (Å²) < 4.78 is 11.3. The van der Waals surface area contributed by atoms with Gasteiger partial charge in [0, 0.05) is 18.7 Å².